The molecule has 1 atom stereocenters. The third-order valence-corrected chi connectivity index (χ3v) is 5.27. The number of amides is 1. The molecule has 0 saturated carbocycles. The molecule has 1 aromatic carbocycles. The van der Waals surface area contributed by atoms with Gasteiger partial charge in [0.05, 0.1) is 0 Å². The SMILES string of the molecule is O=C(CCn1ccccc1=O)N1CCCC(O)(COc2cccc(Cl)c2)CC1. The lowest BCUT2D eigenvalue weighted by atomic mass is 9.96. The Hall–Kier alpha value is -2.31. The number of nitrogens with zero attached hydrogens (tertiary/aromatic N) is 2. The van der Waals surface area contributed by atoms with E-state index in [-0.39, 0.29) is 24.5 Å². The minimum absolute atomic E-state index is 0.00392. The van der Waals surface area contributed by atoms with Gasteiger partial charge in [0.25, 0.3) is 5.56 Å². The number of ether oxygens (including phenoxy) is 1. The van der Waals surface area contributed by atoms with Crippen molar-refractivity contribution in [3.63, 3.8) is 0 Å². The van der Waals surface area contributed by atoms with Crippen LogP contribution in [0, 0.1) is 0 Å². The fourth-order valence-corrected chi connectivity index (χ4v) is 3.55. The minimum atomic E-state index is -0.978. The first-order valence-electron chi connectivity index (χ1n) is 9.49. The molecule has 1 fully saturated rings. The monoisotopic (exact) mass is 404 g/mol. The van der Waals surface area contributed by atoms with Gasteiger partial charge in [-0.1, -0.05) is 23.7 Å². The normalized spacial score (nSPS) is 19.9. The molecule has 1 amide bonds. The molecular weight excluding hydrogens is 380 g/mol. The molecule has 1 N–H and O–H groups in total. The van der Waals surface area contributed by atoms with Gasteiger partial charge >= 0.3 is 0 Å². The Morgan fingerprint density at radius 2 is 2.04 bits per heavy atom. The van der Waals surface area contributed by atoms with Crippen molar-refractivity contribution in [2.75, 3.05) is 19.7 Å². The number of hydrogen-bond donors (Lipinski definition) is 1. The van der Waals surface area contributed by atoms with E-state index in [0.717, 1.165) is 0 Å². The standard InChI is InChI=1S/C21H25ClN2O4/c22-17-5-3-6-18(15-17)28-16-21(27)9-4-12-24(14-10-21)20(26)8-13-23-11-2-1-7-19(23)25/h1-3,5-7,11,15,27H,4,8-10,12-14,16H2. The van der Waals surface area contributed by atoms with E-state index in [1.54, 1.807) is 47.5 Å². The third kappa shape index (κ3) is 5.59. The van der Waals surface area contributed by atoms with Crippen molar-refractivity contribution >= 4 is 17.5 Å². The molecule has 0 bridgehead atoms. The van der Waals surface area contributed by atoms with Crippen LogP contribution in [0.15, 0.2) is 53.5 Å². The maximum Gasteiger partial charge on any atom is 0.250 e. The van der Waals surface area contributed by atoms with E-state index in [1.807, 2.05) is 0 Å². The van der Waals surface area contributed by atoms with Gasteiger partial charge in [-0.2, -0.15) is 0 Å². The molecule has 2 aromatic rings. The van der Waals surface area contributed by atoms with E-state index >= 15 is 0 Å². The fourth-order valence-electron chi connectivity index (χ4n) is 3.37. The maximum atomic E-state index is 12.5. The second-order valence-electron chi connectivity index (χ2n) is 7.19. The van der Waals surface area contributed by atoms with E-state index in [4.69, 9.17) is 16.3 Å². The van der Waals surface area contributed by atoms with Crippen LogP contribution in [0.1, 0.15) is 25.7 Å². The zero-order valence-electron chi connectivity index (χ0n) is 15.7. The first-order chi connectivity index (χ1) is 13.5. The molecule has 150 valence electrons. The molecule has 1 aliphatic heterocycles. The summed E-state index contributed by atoms with van der Waals surface area (Å²) in [7, 11) is 0. The molecule has 28 heavy (non-hydrogen) atoms. The number of aliphatic hydroxyl groups is 1. The van der Waals surface area contributed by atoms with Crippen molar-refractivity contribution in [3.8, 4) is 5.75 Å². The van der Waals surface area contributed by atoms with Gasteiger partial charge in [0.1, 0.15) is 18.0 Å². The highest BCUT2D eigenvalue weighted by Crippen LogP contribution is 2.25. The molecule has 1 aromatic heterocycles. The summed E-state index contributed by atoms with van der Waals surface area (Å²) in [5.74, 6) is 0.613. The van der Waals surface area contributed by atoms with Gasteiger partial charge in [0.15, 0.2) is 0 Å². The number of likely N-dealkylation sites (tertiary alicyclic amines) is 1. The van der Waals surface area contributed by atoms with Crippen molar-refractivity contribution in [1.82, 2.24) is 9.47 Å². The molecule has 3 rings (SSSR count). The summed E-state index contributed by atoms with van der Waals surface area (Å²) in [5, 5.41) is 11.5. The van der Waals surface area contributed by atoms with E-state index in [9.17, 15) is 14.7 Å². The predicted octanol–water partition coefficient (Wildman–Crippen LogP) is 2.71. The molecule has 1 saturated heterocycles. The van der Waals surface area contributed by atoms with Crippen LogP contribution in [0.2, 0.25) is 5.02 Å². The summed E-state index contributed by atoms with van der Waals surface area (Å²) in [4.78, 5) is 26.1. The fraction of sp³-hybridized carbons (Fsp3) is 0.429. The third-order valence-electron chi connectivity index (χ3n) is 5.04. The van der Waals surface area contributed by atoms with Crippen LogP contribution < -0.4 is 10.3 Å². The lowest BCUT2D eigenvalue weighted by Gasteiger charge is -2.27. The zero-order chi connectivity index (χ0) is 20.0. The van der Waals surface area contributed by atoms with Crippen LogP contribution in [0.3, 0.4) is 0 Å². The summed E-state index contributed by atoms with van der Waals surface area (Å²) in [5.41, 5.74) is -1.09. The Balaban J connectivity index is 1.51. The lowest BCUT2D eigenvalue weighted by Crippen LogP contribution is -2.38. The molecule has 0 aliphatic carbocycles. The molecule has 0 radical (unpaired) electrons. The van der Waals surface area contributed by atoms with Gasteiger partial charge in [-0.15, -0.1) is 0 Å². The van der Waals surface area contributed by atoms with Crippen molar-refractivity contribution in [3.05, 3.63) is 64.0 Å². The summed E-state index contributed by atoms with van der Waals surface area (Å²) in [6.07, 6.45) is 3.66. The number of hydrogen-bond acceptors (Lipinski definition) is 4. The van der Waals surface area contributed by atoms with Gasteiger partial charge in [-0.05, 0) is 43.5 Å². The highest BCUT2D eigenvalue weighted by molar-refractivity contribution is 6.30. The lowest BCUT2D eigenvalue weighted by molar-refractivity contribution is -0.131. The van der Waals surface area contributed by atoms with Crippen LogP contribution in [0.4, 0.5) is 0 Å². The van der Waals surface area contributed by atoms with E-state index < -0.39 is 5.60 Å². The smallest absolute Gasteiger partial charge is 0.250 e. The molecule has 7 heteroatoms. The van der Waals surface area contributed by atoms with Crippen molar-refractivity contribution < 1.29 is 14.6 Å². The Labute approximate surface area is 169 Å². The summed E-state index contributed by atoms with van der Waals surface area (Å²) in [6, 6.07) is 12.0. The van der Waals surface area contributed by atoms with Crippen LogP contribution in [0.25, 0.3) is 0 Å². The van der Waals surface area contributed by atoms with E-state index in [1.165, 1.54) is 10.6 Å². The second-order valence-corrected chi connectivity index (χ2v) is 7.62. The van der Waals surface area contributed by atoms with E-state index in [2.05, 4.69) is 0 Å². The average molecular weight is 405 g/mol. The molecule has 6 nitrogen and oxygen atoms in total. The molecule has 1 aliphatic rings. The number of pyridine rings is 1. The number of carbonyl (C=O) groups excluding carboxylic acids is 1. The average Bonchev–Trinajstić information content (AvgIpc) is 2.88. The number of benzene rings is 1. The first-order valence-corrected chi connectivity index (χ1v) is 9.87. The van der Waals surface area contributed by atoms with Crippen LogP contribution in [-0.4, -0.2) is 45.8 Å². The van der Waals surface area contributed by atoms with E-state index in [0.29, 0.717) is 49.7 Å². The highest BCUT2D eigenvalue weighted by atomic mass is 35.5. The first kappa shape index (κ1) is 20.4. The number of aromatic nitrogens is 1. The minimum Gasteiger partial charge on any atom is -0.491 e. The molecule has 2 heterocycles. The molecule has 0 spiro atoms. The van der Waals surface area contributed by atoms with Gasteiger partial charge in [0, 0.05) is 43.3 Å². The Morgan fingerprint density at radius 3 is 2.82 bits per heavy atom. The zero-order valence-corrected chi connectivity index (χ0v) is 16.5. The van der Waals surface area contributed by atoms with Gasteiger partial charge < -0.3 is 19.3 Å². The quantitative estimate of drug-likeness (QED) is 0.803. The predicted molar refractivity (Wildman–Crippen MR) is 108 cm³/mol. The van der Waals surface area contributed by atoms with Gasteiger partial charge in [-0.25, -0.2) is 0 Å². The largest absolute Gasteiger partial charge is 0.491 e. The maximum absolute atomic E-state index is 12.5. The molecular formula is C21H25ClN2O4. The Morgan fingerprint density at radius 1 is 1.18 bits per heavy atom. The second kappa shape index (κ2) is 9.26. The summed E-state index contributed by atoms with van der Waals surface area (Å²) in [6.45, 7) is 1.59. The summed E-state index contributed by atoms with van der Waals surface area (Å²) >= 11 is 5.96. The van der Waals surface area contributed by atoms with Crippen molar-refractivity contribution in [1.29, 1.82) is 0 Å². The van der Waals surface area contributed by atoms with Crippen molar-refractivity contribution in [2.45, 2.75) is 37.8 Å². The topological polar surface area (TPSA) is 71.8 Å². The number of rotatable bonds is 6. The molecule has 1 unspecified atom stereocenters. The Kier molecular flexibility index (Phi) is 6.75. The van der Waals surface area contributed by atoms with Gasteiger partial charge in [-0.3, -0.25) is 9.59 Å². The van der Waals surface area contributed by atoms with Crippen LogP contribution >= 0.6 is 11.6 Å². The number of halogens is 1. The van der Waals surface area contributed by atoms with Crippen molar-refractivity contribution in [2.24, 2.45) is 0 Å². The number of aryl methyl sites for hydroxylation is 1. The highest BCUT2D eigenvalue weighted by Gasteiger charge is 2.32. The number of carbonyl (C=O) groups is 1. The van der Waals surface area contributed by atoms with Gasteiger partial charge in [0.2, 0.25) is 5.91 Å². The Bertz CT molecular complexity index is 869. The summed E-state index contributed by atoms with van der Waals surface area (Å²) < 4.78 is 7.26. The van der Waals surface area contributed by atoms with Crippen LogP contribution in [-0.2, 0) is 11.3 Å². The van der Waals surface area contributed by atoms with Crippen LogP contribution in [0.5, 0.6) is 5.75 Å².